The fourth-order valence-corrected chi connectivity index (χ4v) is 2.30. The van der Waals surface area contributed by atoms with Crippen LogP contribution in [0.5, 0.6) is 5.75 Å². The molecule has 1 N–H and O–H groups in total. The van der Waals surface area contributed by atoms with Gasteiger partial charge in [0.15, 0.2) is 0 Å². The van der Waals surface area contributed by atoms with E-state index >= 15 is 0 Å². The molecule has 19 heavy (non-hydrogen) atoms. The lowest BCUT2D eigenvalue weighted by Crippen LogP contribution is -2.45. The van der Waals surface area contributed by atoms with E-state index in [1.807, 2.05) is 25.1 Å². The van der Waals surface area contributed by atoms with Crippen LogP contribution in [-0.4, -0.2) is 25.4 Å². The number of benzene rings is 1. The van der Waals surface area contributed by atoms with E-state index in [0.717, 1.165) is 31.7 Å². The molecular formula is C16H23NO2. The van der Waals surface area contributed by atoms with Crippen LogP contribution < -0.4 is 10.1 Å². The molecule has 2 rings (SSSR count). The van der Waals surface area contributed by atoms with Gasteiger partial charge in [0, 0.05) is 24.8 Å². The highest BCUT2D eigenvalue weighted by atomic mass is 16.5. The first-order chi connectivity index (χ1) is 9.33. The molecule has 0 saturated heterocycles. The summed E-state index contributed by atoms with van der Waals surface area (Å²) in [6, 6.07) is 8.72. The molecule has 104 valence electrons. The highest BCUT2D eigenvalue weighted by molar-refractivity contribution is 5.33. The molecule has 0 unspecified atom stereocenters. The van der Waals surface area contributed by atoms with Gasteiger partial charge in [-0.2, -0.15) is 0 Å². The number of para-hydroxylation sites is 1. The van der Waals surface area contributed by atoms with Crippen molar-refractivity contribution in [1.29, 1.82) is 0 Å². The fraction of sp³-hybridized carbons (Fsp3) is 0.500. The highest BCUT2D eigenvalue weighted by Gasteiger charge is 2.28. The van der Waals surface area contributed by atoms with E-state index in [2.05, 4.69) is 18.0 Å². The molecule has 0 radical (unpaired) electrons. The average molecular weight is 261 g/mol. The van der Waals surface area contributed by atoms with Crippen molar-refractivity contribution in [2.24, 2.45) is 0 Å². The maximum atomic E-state index is 5.65. The summed E-state index contributed by atoms with van der Waals surface area (Å²) in [5.41, 5.74) is 1.20. The Morgan fingerprint density at radius 2 is 2.16 bits per heavy atom. The molecule has 0 atom stereocenters. The summed E-state index contributed by atoms with van der Waals surface area (Å²) in [5.74, 6) is 0.940. The Kier molecular flexibility index (Phi) is 5.43. The number of rotatable bonds is 8. The number of ether oxygens (including phenoxy) is 2. The number of hydrogen-bond acceptors (Lipinski definition) is 3. The Labute approximate surface area is 115 Å². The molecule has 1 aliphatic carbocycles. The summed E-state index contributed by atoms with van der Waals surface area (Å²) in [7, 11) is 0. The second-order valence-electron chi connectivity index (χ2n) is 4.83. The predicted molar refractivity (Wildman–Crippen MR) is 77.4 cm³/mol. The Morgan fingerprint density at radius 1 is 1.37 bits per heavy atom. The van der Waals surface area contributed by atoms with Gasteiger partial charge in [-0.15, -0.1) is 0 Å². The minimum absolute atomic E-state index is 0.453. The van der Waals surface area contributed by atoms with Gasteiger partial charge in [0.2, 0.25) is 0 Å². The first-order valence-electron chi connectivity index (χ1n) is 7.00. The Morgan fingerprint density at radius 3 is 2.89 bits per heavy atom. The third-order valence-electron chi connectivity index (χ3n) is 3.41. The normalized spacial score (nSPS) is 21.7. The number of hydrogen-bond donors (Lipinski definition) is 1. The quantitative estimate of drug-likeness (QED) is 0.730. The zero-order valence-electron chi connectivity index (χ0n) is 11.6. The summed E-state index contributed by atoms with van der Waals surface area (Å²) >= 11 is 0. The van der Waals surface area contributed by atoms with Gasteiger partial charge < -0.3 is 14.8 Å². The summed E-state index contributed by atoms with van der Waals surface area (Å²) < 4.78 is 11.2. The lowest BCUT2D eigenvalue weighted by atomic mass is 9.89. The van der Waals surface area contributed by atoms with Gasteiger partial charge in [0.25, 0.3) is 0 Å². The van der Waals surface area contributed by atoms with E-state index in [1.54, 1.807) is 6.08 Å². The first kappa shape index (κ1) is 14.1. The van der Waals surface area contributed by atoms with Gasteiger partial charge in [-0.1, -0.05) is 30.9 Å². The maximum Gasteiger partial charge on any atom is 0.124 e. The van der Waals surface area contributed by atoms with E-state index in [-0.39, 0.29) is 0 Å². The summed E-state index contributed by atoms with van der Waals surface area (Å²) in [5, 5.41) is 3.55. The van der Waals surface area contributed by atoms with E-state index in [4.69, 9.17) is 9.47 Å². The van der Waals surface area contributed by atoms with Crippen molar-refractivity contribution >= 4 is 0 Å². The van der Waals surface area contributed by atoms with Crippen LogP contribution >= 0.6 is 0 Å². The molecular weight excluding hydrogens is 238 g/mol. The van der Waals surface area contributed by atoms with Crippen molar-refractivity contribution in [3.63, 3.8) is 0 Å². The van der Waals surface area contributed by atoms with Crippen LogP contribution in [0, 0.1) is 0 Å². The molecule has 0 heterocycles. The van der Waals surface area contributed by atoms with Crippen LogP contribution in [0.3, 0.4) is 0 Å². The molecule has 1 aromatic carbocycles. The Balaban J connectivity index is 1.78. The fourth-order valence-electron chi connectivity index (χ4n) is 2.30. The minimum atomic E-state index is 0.453. The molecule has 0 aliphatic heterocycles. The van der Waals surface area contributed by atoms with Crippen LogP contribution in [0.25, 0.3) is 0 Å². The molecule has 0 bridgehead atoms. The second kappa shape index (κ2) is 7.31. The van der Waals surface area contributed by atoms with Gasteiger partial charge in [-0.25, -0.2) is 0 Å². The molecule has 3 nitrogen and oxygen atoms in total. The number of nitrogens with one attached hydrogen (secondary N) is 1. The van der Waals surface area contributed by atoms with Crippen molar-refractivity contribution < 1.29 is 9.47 Å². The molecule has 1 fully saturated rings. The summed E-state index contributed by atoms with van der Waals surface area (Å²) in [4.78, 5) is 0. The molecule has 3 heteroatoms. The van der Waals surface area contributed by atoms with Crippen molar-refractivity contribution in [3.8, 4) is 5.75 Å². The highest BCUT2D eigenvalue weighted by Crippen LogP contribution is 2.24. The smallest absolute Gasteiger partial charge is 0.124 e. The van der Waals surface area contributed by atoms with Crippen molar-refractivity contribution in [2.75, 3.05) is 13.2 Å². The lowest BCUT2D eigenvalue weighted by Gasteiger charge is -2.35. The van der Waals surface area contributed by atoms with Gasteiger partial charge in [-0.05, 0) is 25.8 Å². The Bertz CT molecular complexity index is 399. The van der Waals surface area contributed by atoms with Gasteiger partial charge in [0.05, 0.1) is 6.10 Å². The Hall–Kier alpha value is -1.32. The van der Waals surface area contributed by atoms with Crippen LogP contribution in [0.1, 0.15) is 25.3 Å². The van der Waals surface area contributed by atoms with E-state index in [0.29, 0.717) is 18.8 Å². The van der Waals surface area contributed by atoms with Crippen molar-refractivity contribution in [1.82, 2.24) is 5.32 Å². The van der Waals surface area contributed by atoms with Crippen LogP contribution in [0.15, 0.2) is 36.9 Å². The molecule has 0 spiro atoms. The molecule has 1 aliphatic rings. The molecule has 0 aromatic heterocycles. The first-order valence-corrected chi connectivity index (χ1v) is 7.00. The van der Waals surface area contributed by atoms with Crippen molar-refractivity contribution in [3.05, 3.63) is 42.5 Å². The van der Waals surface area contributed by atoms with Crippen LogP contribution in [0.4, 0.5) is 0 Å². The minimum Gasteiger partial charge on any atom is -0.489 e. The van der Waals surface area contributed by atoms with E-state index in [9.17, 15) is 0 Å². The third kappa shape index (κ3) is 4.08. The maximum absolute atomic E-state index is 5.65. The largest absolute Gasteiger partial charge is 0.489 e. The zero-order chi connectivity index (χ0) is 13.5. The predicted octanol–water partition coefficient (Wildman–Crippen LogP) is 2.91. The molecule has 1 aromatic rings. The van der Waals surface area contributed by atoms with Gasteiger partial charge >= 0.3 is 0 Å². The third-order valence-corrected chi connectivity index (χ3v) is 3.41. The van der Waals surface area contributed by atoms with Gasteiger partial charge in [0.1, 0.15) is 12.4 Å². The van der Waals surface area contributed by atoms with Gasteiger partial charge in [-0.3, -0.25) is 0 Å². The lowest BCUT2D eigenvalue weighted by molar-refractivity contribution is -0.0102. The monoisotopic (exact) mass is 261 g/mol. The zero-order valence-corrected chi connectivity index (χ0v) is 11.6. The SMILES string of the molecule is C=CCOc1ccccc1CNC1CC(OCC)C1. The molecule has 1 saturated carbocycles. The van der Waals surface area contributed by atoms with E-state index < -0.39 is 0 Å². The topological polar surface area (TPSA) is 30.5 Å². The summed E-state index contributed by atoms with van der Waals surface area (Å²) in [6.07, 6.45) is 4.45. The summed E-state index contributed by atoms with van der Waals surface area (Å²) in [6.45, 7) is 7.93. The standard InChI is InChI=1S/C16H23NO2/c1-3-9-19-16-8-6-5-7-13(16)12-17-14-10-15(11-14)18-4-2/h3,5-8,14-15,17H,1,4,9-12H2,2H3. The van der Waals surface area contributed by atoms with Crippen LogP contribution in [0.2, 0.25) is 0 Å². The molecule has 0 amide bonds. The van der Waals surface area contributed by atoms with Crippen molar-refractivity contribution in [2.45, 2.75) is 38.5 Å². The average Bonchev–Trinajstić information content (AvgIpc) is 2.40. The van der Waals surface area contributed by atoms with E-state index in [1.165, 1.54) is 5.56 Å². The van der Waals surface area contributed by atoms with Crippen LogP contribution in [-0.2, 0) is 11.3 Å². The second-order valence-corrected chi connectivity index (χ2v) is 4.83.